The first kappa shape index (κ1) is 10.6. The fourth-order valence-corrected chi connectivity index (χ4v) is 1.76. The van der Waals surface area contributed by atoms with Crippen LogP contribution in [0.1, 0.15) is 0 Å². The van der Waals surface area contributed by atoms with E-state index in [9.17, 15) is 0 Å². The third-order valence-corrected chi connectivity index (χ3v) is 2.72. The maximum atomic E-state index is 8.95. The number of anilines is 1. The molecule has 0 spiro atoms. The third-order valence-electron chi connectivity index (χ3n) is 2.52. The first-order valence-electron chi connectivity index (χ1n) is 4.85. The van der Waals surface area contributed by atoms with E-state index in [4.69, 9.17) is 16.7 Å². The molecule has 1 aliphatic rings. The van der Waals surface area contributed by atoms with Crippen molar-refractivity contribution in [2.75, 3.05) is 37.8 Å². The average Bonchev–Trinajstić information content (AvgIpc) is 2.29. The number of halogens is 1. The molecule has 2 heterocycles. The molecule has 0 unspecified atom stereocenters. The van der Waals surface area contributed by atoms with Gasteiger partial charge in [0.15, 0.2) is 0 Å². The van der Waals surface area contributed by atoms with Crippen molar-refractivity contribution in [2.24, 2.45) is 0 Å². The van der Waals surface area contributed by atoms with Gasteiger partial charge in [0, 0.05) is 32.2 Å². The van der Waals surface area contributed by atoms with E-state index in [1.165, 1.54) is 6.33 Å². The Balaban J connectivity index is 2.01. The first-order chi connectivity index (χ1) is 7.29. The molecule has 0 aliphatic carbocycles. The van der Waals surface area contributed by atoms with Crippen LogP contribution in [-0.4, -0.2) is 52.9 Å². The molecule has 0 atom stereocenters. The Bertz CT molecular complexity index is 328. The monoisotopic (exact) mass is 228 g/mol. The van der Waals surface area contributed by atoms with Gasteiger partial charge in [0.05, 0.1) is 6.73 Å². The van der Waals surface area contributed by atoms with E-state index in [0.717, 1.165) is 32.0 Å². The maximum Gasteiger partial charge on any atom is 0.134 e. The van der Waals surface area contributed by atoms with E-state index in [0.29, 0.717) is 5.15 Å². The van der Waals surface area contributed by atoms with Gasteiger partial charge in [0.2, 0.25) is 0 Å². The van der Waals surface area contributed by atoms with Crippen molar-refractivity contribution in [1.82, 2.24) is 14.9 Å². The van der Waals surface area contributed by atoms with Gasteiger partial charge in [-0.25, -0.2) is 9.97 Å². The minimum Gasteiger partial charge on any atom is -0.381 e. The average molecular weight is 229 g/mol. The Kier molecular flexibility index (Phi) is 3.35. The summed E-state index contributed by atoms with van der Waals surface area (Å²) < 4.78 is 0. The second kappa shape index (κ2) is 4.74. The van der Waals surface area contributed by atoms with Crippen molar-refractivity contribution in [2.45, 2.75) is 0 Å². The molecule has 0 aromatic carbocycles. The van der Waals surface area contributed by atoms with E-state index >= 15 is 0 Å². The summed E-state index contributed by atoms with van der Waals surface area (Å²) in [5.74, 6) is 0.854. The fraction of sp³-hybridized carbons (Fsp3) is 0.556. The highest BCUT2D eigenvalue weighted by atomic mass is 35.5. The van der Waals surface area contributed by atoms with Crippen LogP contribution in [0.4, 0.5) is 5.82 Å². The summed E-state index contributed by atoms with van der Waals surface area (Å²) in [5, 5.41) is 9.42. The Labute approximate surface area is 93.3 Å². The van der Waals surface area contributed by atoms with Gasteiger partial charge in [-0.15, -0.1) is 0 Å². The smallest absolute Gasteiger partial charge is 0.134 e. The number of piperazine rings is 1. The molecule has 1 aromatic rings. The molecule has 0 amide bonds. The number of aliphatic hydroxyl groups excluding tert-OH is 1. The molecule has 1 aliphatic heterocycles. The van der Waals surface area contributed by atoms with Gasteiger partial charge in [-0.2, -0.15) is 0 Å². The van der Waals surface area contributed by atoms with Gasteiger partial charge in [-0.1, -0.05) is 11.6 Å². The lowest BCUT2D eigenvalue weighted by atomic mass is 10.3. The molecule has 5 nitrogen and oxygen atoms in total. The molecule has 1 aromatic heterocycles. The summed E-state index contributed by atoms with van der Waals surface area (Å²) in [6, 6.07) is 1.76. The number of hydrogen-bond acceptors (Lipinski definition) is 5. The third kappa shape index (κ3) is 2.56. The van der Waals surface area contributed by atoms with Gasteiger partial charge in [0.1, 0.15) is 17.3 Å². The van der Waals surface area contributed by atoms with Crippen molar-refractivity contribution in [3.8, 4) is 0 Å². The van der Waals surface area contributed by atoms with Crippen LogP contribution in [0.3, 0.4) is 0 Å². The summed E-state index contributed by atoms with van der Waals surface area (Å²) in [6.45, 7) is 3.52. The number of aliphatic hydroxyl groups is 1. The summed E-state index contributed by atoms with van der Waals surface area (Å²) >= 11 is 5.79. The first-order valence-corrected chi connectivity index (χ1v) is 5.23. The van der Waals surface area contributed by atoms with Crippen molar-refractivity contribution in [3.05, 3.63) is 17.5 Å². The SMILES string of the molecule is OCN1CCN(c2cc(Cl)ncn2)CC1. The van der Waals surface area contributed by atoms with Crippen LogP contribution >= 0.6 is 11.6 Å². The molecule has 1 N–H and O–H groups in total. The van der Waals surface area contributed by atoms with E-state index in [1.54, 1.807) is 6.07 Å². The predicted molar refractivity (Wildman–Crippen MR) is 57.9 cm³/mol. The summed E-state index contributed by atoms with van der Waals surface area (Å²) in [6.07, 6.45) is 1.47. The highest BCUT2D eigenvalue weighted by Crippen LogP contribution is 2.15. The zero-order valence-electron chi connectivity index (χ0n) is 8.30. The normalized spacial score (nSPS) is 18.1. The van der Waals surface area contributed by atoms with E-state index in [1.807, 2.05) is 4.90 Å². The van der Waals surface area contributed by atoms with Gasteiger partial charge in [0.25, 0.3) is 0 Å². The van der Waals surface area contributed by atoms with Gasteiger partial charge < -0.3 is 10.0 Å². The molecule has 1 saturated heterocycles. The van der Waals surface area contributed by atoms with Crippen LogP contribution in [0.25, 0.3) is 0 Å². The topological polar surface area (TPSA) is 52.5 Å². The van der Waals surface area contributed by atoms with Crippen LogP contribution in [0.5, 0.6) is 0 Å². The van der Waals surface area contributed by atoms with Crippen LogP contribution in [0.15, 0.2) is 12.4 Å². The summed E-state index contributed by atoms with van der Waals surface area (Å²) in [4.78, 5) is 12.1. The molecule has 1 fully saturated rings. The Morgan fingerprint density at radius 1 is 1.27 bits per heavy atom. The van der Waals surface area contributed by atoms with Crippen LogP contribution < -0.4 is 4.90 Å². The second-order valence-corrected chi connectivity index (χ2v) is 3.83. The number of nitrogens with zero attached hydrogens (tertiary/aromatic N) is 4. The molecule has 0 radical (unpaired) electrons. The summed E-state index contributed by atoms with van der Waals surface area (Å²) in [5.41, 5.74) is 0. The molecule has 0 bridgehead atoms. The Morgan fingerprint density at radius 3 is 2.60 bits per heavy atom. The fourth-order valence-electron chi connectivity index (χ4n) is 1.62. The Hall–Kier alpha value is -0.910. The number of rotatable bonds is 2. The van der Waals surface area contributed by atoms with Gasteiger partial charge >= 0.3 is 0 Å². The standard InChI is InChI=1S/C9H13ClN4O/c10-8-5-9(12-6-11-8)14-3-1-13(7-15)2-4-14/h5-6,15H,1-4,7H2. The second-order valence-electron chi connectivity index (χ2n) is 3.45. The zero-order chi connectivity index (χ0) is 10.7. The molecule has 82 valence electrons. The number of aromatic nitrogens is 2. The largest absolute Gasteiger partial charge is 0.381 e. The van der Waals surface area contributed by atoms with E-state index in [-0.39, 0.29) is 6.73 Å². The molecule has 0 saturated carbocycles. The molecule has 15 heavy (non-hydrogen) atoms. The van der Waals surface area contributed by atoms with Crippen LogP contribution in [0.2, 0.25) is 5.15 Å². The molecule has 2 rings (SSSR count). The maximum absolute atomic E-state index is 8.95. The van der Waals surface area contributed by atoms with Crippen LogP contribution in [-0.2, 0) is 0 Å². The zero-order valence-corrected chi connectivity index (χ0v) is 9.06. The van der Waals surface area contributed by atoms with Crippen LogP contribution in [0, 0.1) is 0 Å². The lowest BCUT2D eigenvalue weighted by molar-refractivity contribution is 0.102. The van der Waals surface area contributed by atoms with Crippen molar-refractivity contribution in [1.29, 1.82) is 0 Å². The quantitative estimate of drug-likeness (QED) is 0.733. The highest BCUT2D eigenvalue weighted by molar-refractivity contribution is 6.29. The number of hydrogen-bond donors (Lipinski definition) is 1. The van der Waals surface area contributed by atoms with Crippen molar-refractivity contribution >= 4 is 17.4 Å². The summed E-state index contributed by atoms with van der Waals surface area (Å²) in [7, 11) is 0. The predicted octanol–water partition coefficient (Wildman–Crippen LogP) is 0.202. The lowest BCUT2D eigenvalue weighted by Gasteiger charge is -2.34. The van der Waals surface area contributed by atoms with Gasteiger partial charge in [-0.3, -0.25) is 4.90 Å². The van der Waals surface area contributed by atoms with E-state index < -0.39 is 0 Å². The molecule has 6 heteroatoms. The Morgan fingerprint density at radius 2 is 2.00 bits per heavy atom. The minimum atomic E-state index is 0.123. The molecular weight excluding hydrogens is 216 g/mol. The van der Waals surface area contributed by atoms with Crippen molar-refractivity contribution < 1.29 is 5.11 Å². The van der Waals surface area contributed by atoms with E-state index in [2.05, 4.69) is 14.9 Å². The van der Waals surface area contributed by atoms with Gasteiger partial charge in [-0.05, 0) is 0 Å². The minimum absolute atomic E-state index is 0.123. The lowest BCUT2D eigenvalue weighted by Crippen LogP contribution is -2.46. The van der Waals surface area contributed by atoms with Crippen molar-refractivity contribution in [3.63, 3.8) is 0 Å². The molecular formula is C9H13ClN4O. The highest BCUT2D eigenvalue weighted by Gasteiger charge is 2.17.